The van der Waals surface area contributed by atoms with E-state index in [-0.39, 0.29) is 12.5 Å². The Morgan fingerprint density at radius 2 is 1.96 bits per heavy atom. The highest BCUT2D eigenvalue weighted by molar-refractivity contribution is 5.69. The molecule has 24 heavy (non-hydrogen) atoms. The number of hydrogen-bond acceptors (Lipinski definition) is 3. The van der Waals surface area contributed by atoms with Gasteiger partial charge in [0, 0.05) is 18.3 Å². The van der Waals surface area contributed by atoms with Gasteiger partial charge in [-0.05, 0) is 55.2 Å². The second kappa shape index (κ2) is 7.39. The lowest BCUT2D eigenvalue weighted by molar-refractivity contribution is -0.137. The number of rotatable bonds is 6. The van der Waals surface area contributed by atoms with Crippen molar-refractivity contribution >= 4 is 11.7 Å². The number of nitrogens with zero attached hydrogens (tertiary/aromatic N) is 1. The molecule has 0 amide bonds. The van der Waals surface area contributed by atoms with Gasteiger partial charge < -0.3 is 14.7 Å². The van der Waals surface area contributed by atoms with Gasteiger partial charge in [-0.2, -0.15) is 0 Å². The number of carboxylic acid groups (broad SMARTS) is 1. The van der Waals surface area contributed by atoms with E-state index in [4.69, 9.17) is 9.84 Å². The number of aryl methyl sites for hydroxylation is 1. The van der Waals surface area contributed by atoms with Crippen LogP contribution in [0.3, 0.4) is 0 Å². The first-order valence-electron chi connectivity index (χ1n) is 8.39. The minimum Gasteiger partial charge on any atom is -0.489 e. The van der Waals surface area contributed by atoms with Gasteiger partial charge in [-0.1, -0.05) is 24.3 Å². The van der Waals surface area contributed by atoms with Crippen molar-refractivity contribution in [3.8, 4) is 5.75 Å². The molecule has 4 heteroatoms. The maximum absolute atomic E-state index is 11.0. The van der Waals surface area contributed by atoms with Crippen LogP contribution in [0.25, 0.3) is 0 Å². The molecular weight excluding hydrogens is 302 g/mol. The lowest BCUT2D eigenvalue weighted by atomic mass is 10.1. The van der Waals surface area contributed by atoms with Crippen molar-refractivity contribution < 1.29 is 14.6 Å². The fourth-order valence-corrected chi connectivity index (χ4v) is 3.26. The lowest BCUT2D eigenvalue weighted by Crippen LogP contribution is -2.31. The maximum atomic E-state index is 11.0. The van der Waals surface area contributed by atoms with Crippen molar-refractivity contribution in [1.82, 2.24) is 0 Å². The molecule has 0 spiro atoms. The zero-order chi connectivity index (χ0) is 16.9. The number of hydrogen-bond donors (Lipinski definition) is 1. The predicted octanol–water partition coefficient (Wildman–Crippen LogP) is 4.02. The highest BCUT2D eigenvalue weighted by Crippen LogP contribution is 2.29. The van der Waals surface area contributed by atoms with Crippen LogP contribution in [0.5, 0.6) is 5.75 Å². The number of aliphatic carboxylic acids is 1. The predicted molar refractivity (Wildman–Crippen MR) is 94.6 cm³/mol. The van der Waals surface area contributed by atoms with Crippen molar-refractivity contribution in [2.75, 3.05) is 11.4 Å². The Hall–Kier alpha value is -2.49. The first-order chi connectivity index (χ1) is 11.6. The highest BCUT2D eigenvalue weighted by atomic mass is 16.5. The molecule has 4 nitrogen and oxygen atoms in total. The van der Waals surface area contributed by atoms with Crippen LogP contribution in [0.2, 0.25) is 0 Å². The molecule has 0 saturated carbocycles. The zero-order valence-corrected chi connectivity index (χ0v) is 13.9. The van der Waals surface area contributed by atoms with E-state index >= 15 is 0 Å². The monoisotopic (exact) mass is 325 g/mol. The van der Waals surface area contributed by atoms with Crippen LogP contribution in [0.15, 0.2) is 48.5 Å². The Labute approximate surface area is 142 Å². The summed E-state index contributed by atoms with van der Waals surface area (Å²) < 4.78 is 5.87. The van der Waals surface area contributed by atoms with Crippen molar-refractivity contribution in [2.24, 2.45) is 0 Å². The van der Waals surface area contributed by atoms with Crippen LogP contribution in [-0.2, 0) is 11.4 Å². The molecule has 126 valence electrons. The average Bonchev–Trinajstić information content (AvgIpc) is 3.02. The third kappa shape index (κ3) is 3.88. The van der Waals surface area contributed by atoms with Crippen LogP contribution in [0.1, 0.15) is 30.4 Å². The summed E-state index contributed by atoms with van der Waals surface area (Å²) in [5, 5.41) is 9.04. The number of carbonyl (C=O) groups is 1. The summed E-state index contributed by atoms with van der Waals surface area (Å²) in [5.41, 5.74) is 3.48. The molecule has 0 unspecified atom stereocenters. The van der Waals surface area contributed by atoms with Crippen LogP contribution in [0, 0.1) is 6.92 Å². The molecular formula is C20H23NO3. The third-order valence-electron chi connectivity index (χ3n) is 4.61. The van der Waals surface area contributed by atoms with Gasteiger partial charge in [-0.15, -0.1) is 0 Å². The standard InChI is InChI=1S/C20H23NO3/c1-15-5-2-3-6-16(15)14-24-19-10-8-17(9-11-19)21-12-4-7-18(21)13-20(22)23/h2-3,5-6,8-11,18H,4,7,12-14H2,1H3,(H,22,23)/t18-/m0/s1. The minimum atomic E-state index is -0.731. The third-order valence-corrected chi connectivity index (χ3v) is 4.61. The molecule has 1 aliphatic heterocycles. The maximum Gasteiger partial charge on any atom is 0.305 e. The second-order valence-electron chi connectivity index (χ2n) is 6.30. The minimum absolute atomic E-state index is 0.0984. The van der Waals surface area contributed by atoms with E-state index in [2.05, 4.69) is 24.0 Å². The van der Waals surface area contributed by atoms with E-state index < -0.39 is 5.97 Å². The fraction of sp³-hybridized carbons (Fsp3) is 0.350. The quantitative estimate of drug-likeness (QED) is 0.871. The van der Waals surface area contributed by atoms with E-state index in [9.17, 15) is 4.79 Å². The van der Waals surface area contributed by atoms with Crippen LogP contribution in [0.4, 0.5) is 5.69 Å². The highest BCUT2D eigenvalue weighted by Gasteiger charge is 2.26. The van der Waals surface area contributed by atoms with Gasteiger partial charge in [-0.25, -0.2) is 0 Å². The lowest BCUT2D eigenvalue weighted by Gasteiger charge is -2.25. The normalized spacial score (nSPS) is 17.0. The van der Waals surface area contributed by atoms with Crippen molar-refractivity contribution in [1.29, 1.82) is 0 Å². The largest absolute Gasteiger partial charge is 0.489 e. The Morgan fingerprint density at radius 1 is 1.21 bits per heavy atom. The SMILES string of the molecule is Cc1ccccc1COc1ccc(N2CCC[C@H]2CC(=O)O)cc1. The summed E-state index contributed by atoms with van der Waals surface area (Å²) >= 11 is 0. The summed E-state index contributed by atoms with van der Waals surface area (Å²) in [6.45, 7) is 3.55. The first kappa shape index (κ1) is 16.4. The molecule has 3 rings (SSSR count). The topological polar surface area (TPSA) is 49.8 Å². The molecule has 1 aliphatic rings. The smallest absolute Gasteiger partial charge is 0.305 e. The van der Waals surface area contributed by atoms with Crippen LogP contribution in [-0.4, -0.2) is 23.7 Å². The molecule has 0 bridgehead atoms. The first-order valence-corrected chi connectivity index (χ1v) is 8.39. The zero-order valence-electron chi connectivity index (χ0n) is 13.9. The Bertz CT molecular complexity index is 696. The van der Waals surface area contributed by atoms with Crippen LogP contribution >= 0.6 is 0 Å². The number of benzene rings is 2. The Morgan fingerprint density at radius 3 is 2.67 bits per heavy atom. The summed E-state index contributed by atoms with van der Waals surface area (Å²) in [5.74, 6) is 0.0982. The summed E-state index contributed by atoms with van der Waals surface area (Å²) in [6.07, 6.45) is 2.19. The van der Waals surface area contributed by atoms with E-state index in [0.29, 0.717) is 6.61 Å². The fourth-order valence-electron chi connectivity index (χ4n) is 3.26. The van der Waals surface area contributed by atoms with Crippen LogP contribution < -0.4 is 9.64 Å². The van der Waals surface area contributed by atoms with Gasteiger partial charge in [0.15, 0.2) is 0 Å². The van der Waals surface area contributed by atoms with Gasteiger partial charge in [0.2, 0.25) is 0 Å². The molecule has 1 atom stereocenters. The number of carboxylic acids is 1. The van der Waals surface area contributed by atoms with Gasteiger partial charge in [0.25, 0.3) is 0 Å². The molecule has 0 aliphatic carbocycles. The molecule has 2 aromatic carbocycles. The number of anilines is 1. The molecule has 0 aromatic heterocycles. The Balaban J connectivity index is 1.63. The summed E-state index contributed by atoms with van der Waals surface area (Å²) in [7, 11) is 0. The molecule has 1 heterocycles. The van der Waals surface area contributed by atoms with Crippen molar-refractivity contribution in [2.45, 2.75) is 38.8 Å². The second-order valence-corrected chi connectivity index (χ2v) is 6.30. The molecule has 0 radical (unpaired) electrons. The Kier molecular flexibility index (Phi) is 5.04. The van der Waals surface area contributed by atoms with E-state index in [1.165, 1.54) is 11.1 Å². The van der Waals surface area contributed by atoms with E-state index in [1.807, 2.05) is 36.4 Å². The van der Waals surface area contributed by atoms with Gasteiger partial charge >= 0.3 is 5.97 Å². The van der Waals surface area contributed by atoms with Gasteiger partial charge in [0.1, 0.15) is 12.4 Å². The van der Waals surface area contributed by atoms with E-state index in [0.717, 1.165) is 30.8 Å². The molecule has 2 aromatic rings. The van der Waals surface area contributed by atoms with Gasteiger partial charge in [0.05, 0.1) is 6.42 Å². The summed E-state index contributed by atoms with van der Waals surface area (Å²) in [4.78, 5) is 13.2. The molecule has 1 saturated heterocycles. The molecule has 1 fully saturated rings. The van der Waals surface area contributed by atoms with Crippen molar-refractivity contribution in [3.63, 3.8) is 0 Å². The van der Waals surface area contributed by atoms with Crippen molar-refractivity contribution in [3.05, 3.63) is 59.7 Å². The molecule has 1 N–H and O–H groups in total. The summed E-state index contributed by atoms with van der Waals surface area (Å²) in [6, 6.07) is 16.3. The van der Waals surface area contributed by atoms with E-state index in [1.54, 1.807) is 0 Å². The van der Waals surface area contributed by atoms with Gasteiger partial charge in [-0.3, -0.25) is 4.79 Å². The average molecular weight is 325 g/mol. The number of ether oxygens (including phenoxy) is 1.